The number of hydrogen-bond acceptors (Lipinski definition) is 5. The van der Waals surface area contributed by atoms with Crippen LogP contribution in [0.4, 0.5) is 0 Å². The zero-order chi connectivity index (χ0) is 13.9. The Bertz CT molecular complexity index is 475. The van der Waals surface area contributed by atoms with Crippen molar-refractivity contribution in [3.8, 4) is 0 Å². The van der Waals surface area contributed by atoms with Crippen LogP contribution in [0.3, 0.4) is 0 Å². The van der Waals surface area contributed by atoms with Gasteiger partial charge in [-0.15, -0.1) is 0 Å². The van der Waals surface area contributed by atoms with Gasteiger partial charge in [-0.3, -0.25) is 4.79 Å². The SMILES string of the molecule is COC(=O)CC1(CSCc2cc(C(=O)O)co2)CC1. The molecule has 5 nitrogen and oxygen atoms in total. The van der Waals surface area contributed by atoms with E-state index in [0.717, 1.165) is 18.6 Å². The second-order valence-electron chi connectivity index (χ2n) is 4.85. The second-order valence-corrected chi connectivity index (χ2v) is 5.84. The van der Waals surface area contributed by atoms with Crippen LogP contribution < -0.4 is 0 Å². The van der Waals surface area contributed by atoms with E-state index in [1.165, 1.54) is 19.4 Å². The highest BCUT2D eigenvalue weighted by molar-refractivity contribution is 7.98. The summed E-state index contributed by atoms with van der Waals surface area (Å²) in [6.07, 6.45) is 3.82. The van der Waals surface area contributed by atoms with Crippen molar-refractivity contribution in [2.24, 2.45) is 5.41 Å². The number of esters is 1. The summed E-state index contributed by atoms with van der Waals surface area (Å²) in [5.74, 6) is 0.992. The van der Waals surface area contributed by atoms with E-state index in [9.17, 15) is 9.59 Å². The zero-order valence-corrected chi connectivity index (χ0v) is 11.5. The summed E-state index contributed by atoms with van der Waals surface area (Å²) in [4.78, 5) is 22.0. The first-order valence-electron chi connectivity index (χ1n) is 6.00. The Morgan fingerprint density at radius 3 is 2.79 bits per heavy atom. The molecule has 0 atom stereocenters. The lowest BCUT2D eigenvalue weighted by Gasteiger charge is -2.12. The molecule has 1 fully saturated rings. The minimum absolute atomic E-state index is 0.0833. The summed E-state index contributed by atoms with van der Waals surface area (Å²) in [7, 11) is 1.40. The normalized spacial score (nSPS) is 16.1. The Balaban J connectivity index is 1.77. The summed E-state index contributed by atoms with van der Waals surface area (Å²) in [6.45, 7) is 0. The van der Waals surface area contributed by atoms with Crippen LogP contribution in [0.1, 0.15) is 35.4 Å². The van der Waals surface area contributed by atoms with Gasteiger partial charge in [-0.1, -0.05) is 0 Å². The van der Waals surface area contributed by atoms with Crippen LogP contribution in [0.15, 0.2) is 16.7 Å². The van der Waals surface area contributed by atoms with Gasteiger partial charge < -0.3 is 14.3 Å². The average molecular weight is 284 g/mol. The number of carbonyl (C=O) groups excluding carboxylic acids is 1. The Hall–Kier alpha value is -1.43. The Labute approximate surface area is 115 Å². The third kappa shape index (κ3) is 3.76. The Morgan fingerprint density at radius 2 is 2.26 bits per heavy atom. The average Bonchev–Trinajstić information content (AvgIpc) is 2.95. The molecule has 1 heterocycles. The molecule has 0 aromatic carbocycles. The zero-order valence-electron chi connectivity index (χ0n) is 10.7. The lowest BCUT2D eigenvalue weighted by atomic mass is 10.1. The molecule has 1 N–H and O–H groups in total. The molecule has 1 aliphatic rings. The van der Waals surface area contributed by atoms with Gasteiger partial charge in [-0.05, 0) is 30.1 Å². The molecule has 1 aromatic rings. The topological polar surface area (TPSA) is 76.7 Å². The standard InChI is InChI=1S/C13H16O5S/c1-17-11(14)5-13(2-3-13)8-19-7-10-4-9(6-18-10)12(15)16/h4,6H,2-3,5,7-8H2,1H3,(H,15,16). The molecule has 2 rings (SSSR count). The minimum Gasteiger partial charge on any atom is -0.478 e. The van der Waals surface area contributed by atoms with E-state index in [0.29, 0.717) is 17.9 Å². The van der Waals surface area contributed by atoms with Crippen LogP contribution in [-0.4, -0.2) is 29.9 Å². The van der Waals surface area contributed by atoms with Gasteiger partial charge in [0, 0.05) is 0 Å². The Morgan fingerprint density at radius 1 is 1.53 bits per heavy atom. The molecule has 19 heavy (non-hydrogen) atoms. The summed E-state index contributed by atoms with van der Waals surface area (Å²) < 4.78 is 9.86. The number of furan rings is 1. The van der Waals surface area contributed by atoms with Crippen LogP contribution >= 0.6 is 11.8 Å². The van der Waals surface area contributed by atoms with Crippen molar-refractivity contribution in [2.45, 2.75) is 25.0 Å². The largest absolute Gasteiger partial charge is 0.478 e. The molecule has 0 aliphatic heterocycles. The number of ether oxygens (including phenoxy) is 1. The summed E-state index contributed by atoms with van der Waals surface area (Å²) in [5, 5.41) is 8.77. The smallest absolute Gasteiger partial charge is 0.338 e. The van der Waals surface area contributed by atoms with Crippen molar-refractivity contribution in [3.63, 3.8) is 0 Å². The second kappa shape index (κ2) is 5.69. The fourth-order valence-corrected chi connectivity index (χ4v) is 3.14. The third-order valence-corrected chi connectivity index (χ3v) is 4.56. The summed E-state index contributed by atoms with van der Waals surface area (Å²) in [5.41, 5.74) is 0.256. The van der Waals surface area contributed by atoms with E-state index in [1.807, 2.05) is 0 Å². The van der Waals surface area contributed by atoms with Crippen molar-refractivity contribution in [3.05, 3.63) is 23.7 Å². The van der Waals surface area contributed by atoms with Crippen molar-refractivity contribution in [1.29, 1.82) is 0 Å². The van der Waals surface area contributed by atoms with E-state index >= 15 is 0 Å². The minimum atomic E-state index is -0.982. The van der Waals surface area contributed by atoms with E-state index in [4.69, 9.17) is 9.52 Å². The molecule has 1 aromatic heterocycles. The van der Waals surface area contributed by atoms with Crippen molar-refractivity contribution >= 4 is 23.7 Å². The fraction of sp³-hybridized carbons (Fsp3) is 0.538. The number of carboxylic acids is 1. The molecule has 0 saturated heterocycles. The number of methoxy groups -OCH3 is 1. The quantitative estimate of drug-likeness (QED) is 0.775. The predicted molar refractivity (Wildman–Crippen MR) is 70.1 cm³/mol. The number of rotatable bonds is 7. The highest BCUT2D eigenvalue weighted by atomic mass is 32.2. The first-order chi connectivity index (χ1) is 9.04. The summed E-state index contributed by atoms with van der Waals surface area (Å²) >= 11 is 1.66. The van der Waals surface area contributed by atoms with Gasteiger partial charge >= 0.3 is 11.9 Å². The molecule has 6 heteroatoms. The highest BCUT2D eigenvalue weighted by Gasteiger charge is 2.44. The molecular weight excluding hydrogens is 268 g/mol. The van der Waals surface area contributed by atoms with Crippen molar-refractivity contribution < 1.29 is 23.8 Å². The predicted octanol–water partition coefficient (Wildman–Crippen LogP) is 2.55. The van der Waals surface area contributed by atoms with E-state index in [2.05, 4.69) is 4.74 Å². The molecule has 0 spiro atoms. The van der Waals surface area contributed by atoms with Gasteiger partial charge in [0.05, 0.1) is 24.8 Å². The van der Waals surface area contributed by atoms with Gasteiger partial charge in [0.15, 0.2) is 0 Å². The van der Waals surface area contributed by atoms with Gasteiger partial charge in [-0.25, -0.2) is 4.79 Å². The fourth-order valence-electron chi connectivity index (χ4n) is 1.86. The van der Waals surface area contributed by atoms with E-state index < -0.39 is 5.97 Å². The molecule has 0 amide bonds. The number of carbonyl (C=O) groups is 2. The number of carboxylic acid groups (broad SMARTS) is 1. The first-order valence-corrected chi connectivity index (χ1v) is 7.15. The molecule has 104 valence electrons. The van der Waals surface area contributed by atoms with Gasteiger partial charge in [-0.2, -0.15) is 11.8 Å². The molecule has 0 bridgehead atoms. The van der Waals surface area contributed by atoms with Crippen LogP contribution in [0, 0.1) is 5.41 Å². The highest BCUT2D eigenvalue weighted by Crippen LogP contribution is 2.51. The third-order valence-electron chi connectivity index (χ3n) is 3.26. The van der Waals surface area contributed by atoms with E-state index in [1.54, 1.807) is 11.8 Å². The lowest BCUT2D eigenvalue weighted by molar-refractivity contribution is -0.141. The van der Waals surface area contributed by atoms with Crippen LogP contribution in [-0.2, 0) is 15.3 Å². The van der Waals surface area contributed by atoms with E-state index in [-0.39, 0.29) is 16.9 Å². The number of aromatic carboxylic acids is 1. The van der Waals surface area contributed by atoms with Gasteiger partial charge in [0.2, 0.25) is 0 Å². The molecule has 1 saturated carbocycles. The lowest BCUT2D eigenvalue weighted by Crippen LogP contribution is -2.13. The molecule has 1 aliphatic carbocycles. The summed E-state index contributed by atoms with van der Waals surface area (Å²) in [6, 6.07) is 1.54. The molecule has 0 radical (unpaired) electrons. The maximum absolute atomic E-state index is 11.3. The first kappa shape index (κ1) is 14.0. The van der Waals surface area contributed by atoms with Gasteiger partial charge in [0.25, 0.3) is 0 Å². The van der Waals surface area contributed by atoms with Crippen LogP contribution in [0.5, 0.6) is 0 Å². The number of hydrogen-bond donors (Lipinski definition) is 1. The monoisotopic (exact) mass is 284 g/mol. The van der Waals surface area contributed by atoms with Crippen LogP contribution in [0.2, 0.25) is 0 Å². The maximum Gasteiger partial charge on any atom is 0.338 e. The maximum atomic E-state index is 11.3. The molecular formula is C13H16O5S. The molecule has 0 unspecified atom stereocenters. The van der Waals surface area contributed by atoms with Crippen LogP contribution in [0.25, 0.3) is 0 Å². The van der Waals surface area contributed by atoms with Crippen molar-refractivity contribution in [2.75, 3.05) is 12.9 Å². The number of thioether (sulfide) groups is 1. The van der Waals surface area contributed by atoms with Crippen molar-refractivity contribution in [1.82, 2.24) is 0 Å². The Kier molecular flexibility index (Phi) is 4.19. The van der Waals surface area contributed by atoms with Gasteiger partial charge in [0.1, 0.15) is 12.0 Å².